The van der Waals surface area contributed by atoms with Crippen LogP contribution in [0.5, 0.6) is 17.4 Å². The van der Waals surface area contributed by atoms with Gasteiger partial charge in [0.2, 0.25) is 12.0 Å². The molecule has 2 aromatic carbocycles. The van der Waals surface area contributed by atoms with Crippen LogP contribution in [0.2, 0.25) is 5.02 Å². The number of thiophene rings is 1. The number of hydrogen-bond acceptors (Lipinski definition) is 13. The molecule has 2 fully saturated rings. The first-order chi connectivity index (χ1) is 30.3. The number of nitrogens with zero attached hydrogens (tertiary/aromatic N) is 8. The Morgan fingerprint density at radius 3 is 2.55 bits per heavy atom. The zero-order chi connectivity index (χ0) is 43.0. The number of carbonyl (C=O) groups is 1. The number of aliphatic carboxylic acids is 1. The molecule has 2 aliphatic heterocycles. The first kappa shape index (κ1) is 43.3. The molecule has 16 heteroatoms. The monoisotopic (exact) mass is 880 g/mol. The molecule has 62 heavy (non-hydrogen) atoms. The molecule has 2 saturated heterocycles. The van der Waals surface area contributed by atoms with Crippen LogP contribution in [0, 0.1) is 6.92 Å². The number of anilines is 1. The molecule has 1 N–H and O–H groups in total. The van der Waals surface area contributed by atoms with Crippen molar-refractivity contribution in [3.05, 3.63) is 95.2 Å². The van der Waals surface area contributed by atoms with Crippen LogP contribution in [-0.4, -0.2) is 124 Å². The van der Waals surface area contributed by atoms with Crippen molar-refractivity contribution >= 4 is 44.9 Å². The summed E-state index contributed by atoms with van der Waals surface area (Å²) in [5.74, 6) is 1.06. The van der Waals surface area contributed by atoms with Gasteiger partial charge in [-0.1, -0.05) is 49.2 Å². The number of carboxylic acid groups (broad SMARTS) is 1. The Morgan fingerprint density at radius 2 is 1.77 bits per heavy atom. The first-order valence-corrected chi connectivity index (χ1v) is 22.5. The molecule has 0 spiro atoms. The largest absolute Gasteiger partial charge is 0.491 e. The number of piperazine rings is 1. The van der Waals surface area contributed by atoms with Gasteiger partial charge in [0.1, 0.15) is 41.7 Å². The van der Waals surface area contributed by atoms with E-state index in [0.717, 1.165) is 104 Å². The number of likely N-dealkylation sites (N-methyl/N-ethyl adjacent to an activating group) is 1. The Balaban J connectivity index is 1.12. The van der Waals surface area contributed by atoms with Crippen LogP contribution >= 0.6 is 22.9 Å². The number of rotatable bonds is 18. The summed E-state index contributed by atoms with van der Waals surface area (Å²) in [4.78, 5) is 35.7. The minimum absolute atomic E-state index is 0.0242. The molecule has 326 valence electrons. The highest BCUT2D eigenvalue weighted by molar-refractivity contribution is 7.22. The summed E-state index contributed by atoms with van der Waals surface area (Å²) in [5, 5.41) is 16.2. The van der Waals surface area contributed by atoms with Crippen LogP contribution in [0.1, 0.15) is 36.6 Å². The molecule has 1 atom stereocenters. The van der Waals surface area contributed by atoms with E-state index in [9.17, 15) is 9.90 Å². The maximum absolute atomic E-state index is 13.1. The van der Waals surface area contributed by atoms with Crippen molar-refractivity contribution in [2.24, 2.45) is 0 Å². The van der Waals surface area contributed by atoms with E-state index in [4.69, 9.17) is 40.5 Å². The van der Waals surface area contributed by atoms with Gasteiger partial charge in [-0.15, -0.1) is 11.3 Å². The van der Waals surface area contributed by atoms with E-state index in [1.54, 1.807) is 6.20 Å². The van der Waals surface area contributed by atoms with Gasteiger partial charge >= 0.3 is 5.97 Å². The van der Waals surface area contributed by atoms with Crippen LogP contribution in [0.4, 0.5) is 5.82 Å². The van der Waals surface area contributed by atoms with Crippen molar-refractivity contribution in [2.75, 3.05) is 77.6 Å². The van der Waals surface area contributed by atoms with Crippen molar-refractivity contribution in [2.45, 2.75) is 52.4 Å². The summed E-state index contributed by atoms with van der Waals surface area (Å²) in [6, 6.07) is 17.4. The lowest BCUT2D eigenvalue weighted by Gasteiger charge is -2.32. The lowest BCUT2D eigenvalue weighted by atomic mass is 9.96. The summed E-state index contributed by atoms with van der Waals surface area (Å²) < 4.78 is 26.6. The second kappa shape index (κ2) is 20.2. The summed E-state index contributed by atoms with van der Waals surface area (Å²) in [7, 11) is 2.15. The fourth-order valence-electron chi connectivity index (χ4n) is 7.83. The van der Waals surface area contributed by atoms with Crippen molar-refractivity contribution in [3.8, 4) is 38.9 Å². The minimum atomic E-state index is -1.31. The Hall–Kier alpha value is -5.32. The van der Waals surface area contributed by atoms with Crippen molar-refractivity contribution in [3.63, 3.8) is 0 Å². The van der Waals surface area contributed by atoms with Gasteiger partial charge in [-0.3, -0.25) is 9.58 Å². The fourth-order valence-corrected chi connectivity index (χ4v) is 9.18. The van der Waals surface area contributed by atoms with E-state index in [1.807, 2.05) is 66.3 Å². The number of aromatic nitrogens is 5. The third kappa shape index (κ3) is 9.98. The summed E-state index contributed by atoms with van der Waals surface area (Å²) in [6.07, 6.45) is 5.83. The number of fused-ring (bicyclic) bond motifs is 1. The third-order valence-corrected chi connectivity index (χ3v) is 13.1. The number of morpholine rings is 1. The second-order valence-electron chi connectivity index (χ2n) is 15.7. The van der Waals surface area contributed by atoms with Gasteiger partial charge < -0.3 is 33.9 Å². The maximum Gasteiger partial charge on any atom is 0.345 e. The molecule has 0 unspecified atom stereocenters. The molecule has 8 rings (SSSR count). The first-order valence-electron chi connectivity index (χ1n) is 21.3. The molecule has 2 aliphatic rings. The highest BCUT2D eigenvalue weighted by Gasteiger charge is 2.29. The number of halogens is 1. The number of ether oxygens (including phenoxy) is 4. The van der Waals surface area contributed by atoms with Crippen LogP contribution in [0.25, 0.3) is 31.8 Å². The molecule has 0 radical (unpaired) electrons. The normalized spacial score (nSPS) is 15.5. The molecule has 0 amide bonds. The molecular formula is C46H53ClN8O6S. The number of para-hydroxylation sites is 1. The van der Waals surface area contributed by atoms with E-state index >= 15 is 0 Å². The van der Waals surface area contributed by atoms with Crippen LogP contribution in [0.15, 0.2) is 73.3 Å². The number of benzene rings is 2. The minimum Gasteiger partial charge on any atom is -0.491 e. The molecular weight excluding hydrogens is 828 g/mol. The van der Waals surface area contributed by atoms with E-state index < -0.39 is 12.1 Å². The van der Waals surface area contributed by atoms with E-state index in [2.05, 4.69) is 44.8 Å². The number of carboxylic acids is 1. The molecule has 6 aromatic rings. The number of pyridine rings is 1. The Labute approximate surface area is 371 Å². The highest BCUT2D eigenvalue weighted by atomic mass is 35.5. The van der Waals surface area contributed by atoms with E-state index in [0.29, 0.717) is 52.1 Å². The van der Waals surface area contributed by atoms with Gasteiger partial charge in [0.05, 0.1) is 29.3 Å². The van der Waals surface area contributed by atoms with Crippen molar-refractivity contribution < 1.29 is 28.8 Å². The Kier molecular flexibility index (Phi) is 14.2. The van der Waals surface area contributed by atoms with Gasteiger partial charge in [-0.25, -0.2) is 19.7 Å². The second-order valence-corrected chi connectivity index (χ2v) is 17.0. The average Bonchev–Trinajstić information content (AvgIpc) is 3.92. The fraction of sp³-hybridized carbons (Fsp3) is 0.413. The third-order valence-electron chi connectivity index (χ3n) is 11.5. The topological polar surface area (TPSA) is 140 Å². The average molecular weight is 881 g/mol. The molecule has 0 bridgehead atoms. The van der Waals surface area contributed by atoms with Crippen LogP contribution in [-0.2, 0) is 29.1 Å². The van der Waals surface area contributed by atoms with Gasteiger partial charge in [0.15, 0.2) is 0 Å². The molecule has 4 aromatic heterocycles. The molecule has 0 aliphatic carbocycles. The number of unbranched alkanes of at least 4 members (excludes halogenated alkanes) is 1. The molecule has 14 nitrogen and oxygen atoms in total. The summed E-state index contributed by atoms with van der Waals surface area (Å²) in [6.45, 7) is 13.4. The van der Waals surface area contributed by atoms with Crippen molar-refractivity contribution in [1.29, 1.82) is 0 Å². The Morgan fingerprint density at radius 1 is 0.952 bits per heavy atom. The predicted molar refractivity (Wildman–Crippen MR) is 242 cm³/mol. The van der Waals surface area contributed by atoms with Crippen LogP contribution in [0.3, 0.4) is 0 Å². The number of aryl methyl sites for hydroxylation is 1. The number of hydrogen-bond donors (Lipinski definition) is 1. The van der Waals surface area contributed by atoms with E-state index in [-0.39, 0.29) is 18.9 Å². The van der Waals surface area contributed by atoms with Gasteiger partial charge in [-0.05, 0) is 67.4 Å². The maximum atomic E-state index is 13.1. The van der Waals surface area contributed by atoms with E-state index in [1.165, 1.54) is 17.7 Å². The Bertz CT molecular complexity index is 2450. The summed E-state index contributed by atoms with van der Waals surface area (Å²) >= 11 is 8.61. The lowest BCUT2D eigenvalue weighted by Crippen LogP contribution is -2.45. The standard InChI is InChI=1S/C46H53ClN8O6S/c1-4-5-16-55-34(14-15-51-55)29-60-36-9-7-6-8-32(36)27-38(46(56)57)61-44-41-40(35-11-12-37(42(47)31(35)2)59-26-21-53-19-17-52(3)18-20-53)43(62-45(41)50-30-49-44)33-10-13-39(48-28-33)54-22-24-58-25-23-54/h6-15,28,30,38H,4-5,16-27,29H2,1-3H3,(H,56,57)/t38-/m1/s1. The molecule has 6 heterocycles. The zero-order valence-corrected chi connectivity index (χ0v) is 37.0. The predicted octanol–water partition coefficient (Wildman–Crippen LogP) is 7.50. The van der Waals surface area contributed by atoms with Gasteiger partial charge in [-0.2, -0.15) is 5.10 Å². The zero-order valence-electron chi connectivity index (χ0n) is 35.5. The SMILES string of the molecule is CCCCn1nccc1COc1ccccc1C[C@@H](Oc1ncnc2sc(-c3ccc(N4CCOCC4)nc3)c(-c3ccc(OCCN4CCN(C)CC4)c(Cl)c3C)c12)C(=O)O. The van der Waals surface area contributed by atoms with Crippen molar-refractivity contribution in [1.82, 2.24) is 34.5 Å². The van der Waals surface area contributed by atoms with Crippen LogP contribution < -0.4 is 19.1 Å². The molecule has 0 saturated carbocycles. The smallest absolute Gasteiger partial charge is 0.345 e. The summed E-state index contributed by atoms with van der Waals surface area (Å²) in [5.41, 5.74) is 4.89. The van der Waals surface area contributed by atoms with Gasteiger partial charge in [0.25, 0.3) is 0 Å². The highest BCUT2D eigenvalue weighted by Crippen LogP contribution is 2.49. The quantitative estimate of drug-likeness (QED) is 0.0913. The lowest BCUT2D eigenvalue weighted by molar-refractivity contribution is -0.145. The van der Waals surface area contributed by atoms with Gasteiger partial charge in [0, 0.05) is 87.2 Å².